The fourth-order valence-corrected chi connectivity index (χ4v) is 5.12. The summed E-state index contributed by atoms with van der Waals surface area (Å²) in [4.78, 5) is 27.3. The number of nitrogens with zero attached hydrogens (tertiary/aromatic N) is 3. The van der Waals surface area contributed by atoms with Gasteiger partial charge in [0.2, 0.25) is 0 Å². The summed E-state index contributed by atoms with van der Waals surface area (Å²) in [6, 6.07) is 19.3. The van der Waals surface area contributed by atoms with E-state index < -0.39 is 0 Å². The van der Waals surface area contributed by atoms with Crippen molar-refractivity contribution in [2.24, 2.45) is 0 Å². The van der Waals surface area contributed by atoms with E-state index >= 15 is 4.39 Å². The van der Waals surface area contributed by atoms with Crippen molar-refractivity contribution in [3.8, 4) is 11.5 Å². The molecule has 6 rings (SSSR count). The van der Waals surface area contributed by atoms with Gasteiger partial charge in [-0.05, 0) is 61.7 Å². The minimum Gasteiger partial charge on any atom is -0.457 e. The lowest BCUT2D eigenvalue weighted by Crippen LogP contribution is -2.30. The monoisotopic (exact) mass is 541 g/mol. The lowest BCUT2D eigenvalue weighted by molar-refractivity contribution is 0.104. The second-order valence-electron chi connectivity index (χ2n) is 9.37. The molecule has 3 heterocycles. The average Bonchev–Trinajstić information content (AvgIpc) is 3.39. The van der Waals surface area contributed by atoms with E-state index in [0.29, 0.717) is 50.9 Å². The Bertz CT molecular complexity index is 1650. The molecule has 1 aliphatic rings. The molecule has 9 heteroatoms. The molecule has 39 heavy (non-hydrogen) atoms. The number of para-hydroxylation sites is 1. The number of ether oxygens (including phenoxy) is 1. The Kier molecular flexibility index (Phi) is 6.85. The molecule has 0 spiro atoms. The highest BCUT2D eigenvalue weighted by Gasteiger charge is 2.22. The third-order valence-electron chi connectivity index (χ3n) is 6.79. The van der Waals surface area contributed by atoms with Crippen molar-refractivity contribution in [2.45, 2.75) is 19.3 Å². The molecule has 1 fully saturated rings. The van der Waals surface area contributed by atoms with Gasteiger partial charge < -0.3 is 19.9 Å². The first-order valence-corrected chi connectivity index (χ1v) is 13.2. The third kappa shape index (κ3) is 5.15. The van der Waals surface area contributed by atoms with Crippen LogP contribution in [0.25, 0.3) is 11.0 Å². The van der Waals surface area contributed by atoms with Gasteiger partial charge in [0.25, 0.3) is 0 Å². The summed E-state index contributed by atoms with van der Waals surface area (Å²) in [5, 5.41) is 3.91. The molecule has 0 amide bonds. The number of hydrogen-bond donors (Lipinski definition) is 2. The first-order chi connectivity index (χ1) is 19.1. The second kappa shape index (κ2) is 10.7. The number of piperidine rings is 1. The zero-order chi connectivity index (χ0) is 26.8. The van der Waals surface area contributed by atoms with Crippen molar-refractivity contribution in [3.63, 3.8) is 0 Å². The first kappa shape index (κ1) is 24.9. The van der Waals surface area contributed by atoms with Gasteiger partial charge in [0.05, 0.1) is 21.7 Å². The van der Waals surface area contributed by atoms with Crippen molar-refractivity contribution in [1.82, 2.24) is 15.0 Å². The third-order valence-corrected chi connectivity index (χ3v) is 7.10. The number of hydrogen-bond acceptors (Lipinski definition) is 6. The Morgan fingerprint density at radius 2 is 1.77 bits per heavy atom. The number of nitrogens with one attached hydrogen (secondary N) is 2. The molecule has 2 aromatic heterocycles. The molecule has 0 saturated carbocycles. The van der Waals surface area contributed by atoms with Gasteiger partial charge in [-0.2, -0.15) is 0 Å². The molecule has 0 atom stereocenters. The first-order valence-electron chi connectivity index (χ1n) is 12.8. The van der Waals surface area contributed by atoms with Gasteiger partial charge >= 0.3 is 0 Å². The highest BCUT2D eigenvalue weighted by molar-refractivity contribution is 6.35. The Morgan fingerprint density at radius 1 is 0.949 bits per heavy atom. The molecule has 1 saturated heterocycles. The molecule has 0 bridgehead atoms. The van der Waals surface area contributed by atoms with E-state index in [2.05, 4.69) is 25.2 Å². The van der Waals surface area contributed by atoms with Crippen LogP contribution in [0.1, 0.15) is 35.2 Å². The van der Waals surface area contributed by atoms with Crippen LogP contribution in [0.15, 0.2) is 79.3 Å². The summed E-state index contributed by atoms with van der Waals surface area (Å²) in [6.45, 7) is 1.71. The van der Waals surface area contributed by atoms with E-state index in [0.717, 1.165) is 25.9 Å². The molecule has 2 N–H and O–H groups in total. The number of ketones is 1. The molecule has 1 aliphatic heterocycles. The standard InChI is InChI=1S/C30H25ClFN5O2/c31-24-16-21(39-20-7-3-1-4-8-20)10-11-22(24)28(38)23-17-33-29-27(23)30(35-18-34-29)36-19-9-12-26(25(32)15-19)37-13-5-2-6-14-37/h1,3-4,7-12,15-18H,2,5-6,13-14H2,(H2,33,34,35,36). The van der Waals surface area contributed by atoms with E-state index in [1.54, 1.807) is 30.5 Å². The smallest absolute Gasteiger partial charge is 0.196 e. The summed E-state index contributed by atoms with van der Waals surface area (Å²) in [5.41, 5.74) is 2.25. The van der Waals surface area contributed by atoms with Crippen LogP contribution in [-0.2, 0) is 0 Å². The molecule has 3 aromatic carbocycles. The average molecular weight is 542 g/mol. The Labute approximate surface area is 229 Å². The molecule has 196 valence electrons. The lowest BCUT2D eigenvalue weighted by atomic mass is 10.0. The molecular weight excluding hydrogens is 517 g/mol. The number of aromatic nitrogens is 3. The van der Waals surface area contributed by atoms with E-state index in [1.165, 1.54) is 18.8 Å². The normalized spacial score (nSPS) is 13.4. The fraction of sp³-hybridized carbons (Fsp3) is 0.167. The molecule has 0 radical (unpaired) electrons. The Morgan fingerprint density at radius 3 is 2.54 bits per heavy atom. The number of anilines is 3. The van der Waals surface area contributed by atoms with E-state index in [1.807, 2.05) is 36.4 Å². The van der Waals surface area contributed by atoms with Gasteiger partial charge in [-0.1, -0.05) is 29.8 Å². The number of carbonyl (C=O) groups excluding carboxylic acids is 1. The van der Waals surface area contributed by atoms with Crippen LogP contribution >= 0.6 is 11.6 Å². The molecule has 0 aliphatic carbocycles. The van der Waals surface area contributed by atoms with E-state index in [4.69, 9.17) is 16.3 Å². The Hall–Kier alpha value is -4.43. The predicted molar refractivity (Wildman–Crippen MR) is 151 cm³/mol. The minimum atomic E-state index is -0.304. The summed E-state index contributed by atoms with van der Waals surface area (Å²) in [7, 11) is 0. The summed E-state index contributed by atoms with van der Waals surface area (Å²) in [5.74, 6) is 0.957. The Balaban J connectivity index is 1.28. The van der Waals surface area contributed by atoms with Gasteiger partial charge in [0, 0.05) is 36.6 Å². The largest absolute Gasteiger partial charge is 0.457 e. The minimum absolute atomic E-state index is 0.254. The highest BCUT2D eigenvalue weighted by atomic mass is 35.5. The molecule has 5 aromatic rings. The fourth-order valence-electron chi connectivity index (χ4n) is 4.86. The van der Waals surface area contributed by atoms with Gasteiger partial charge in [-0.25, -0.2) is 14.4 Å². The summed E-state index contributed by atoms with van der Waals surface area (Å²) < 4.78 is 20.9. The van der Waals surface area contributed by atoms with Crippen molar-refractivity contribution in [1.29, 1.82) is 0 Å². The van der Waals surface area contributed by atoms with Crippen LogP contribution in [0.2, 0.25) is 5.02 Å². The van der Waals surface area contributed by atoms with Crippen LogP contribution in [0.5, 0.6) is 11.5 Å². The van der Waals surface area contributed by atoms with Crippen molar-refractivity contribution in [3.05, 3.63) is 101 Å². The number of H-pyrrole nitrogens is 1. The van der Waals surface area contributed by atoms with Crippen LogP contribution in [0.4, 0.5) is 21.6 Å². The predicted octanol–water partition coefficient (Wildman–Crippen LogP) is 7.51. The maximum absolute atomic E-state index is 15.0. The maximum atomic E-state index is 15.0. The number of carbonyl (C=O) groups is 1. The van der Waals surface area contributed by atoms with Crippen LogP contribution < -0.4 is 15.0 Å². The van der Waals surface area contributed by atoms with Crippen molar-refractivity contribution in [2.75, 3.05) is 23.3 Å². The van der Waals surface area contributed by atoms with Crippen molar-refractivity contribution >= 4 is 45.6 Å². The molecule has 7 nitrogen and oxygen atoms in total. The molecular formula is C30H25ClFN5O2. The number of rotatable bonds is 7. The molecule has 0 unspecified atom stereocenters. The summed E-state index contributed by atoms with van der Waals surface area (Å²) >= 11 is 6.52. The second-order valence-corrected chi connectivity index (χ2v) is 9.78. The number of benzene rings is 3. The van der Waals surface area contributed by atoms with Gasteiger partial charge in [-0.15, -0.1) is 0 Å². The topological polar surface area (TPSA) is 83.1 Å². The SMILES string of the molecule is O=C(c1ccc(Oc2ccccc2)cc1Cl)c1c[nH]c2ncnc(Nc3ccc(N4CCCCC4)c(F)c3)c12. The van der Waals surface area contributed by atoms with Gasteiger partial charge in [-0.3, -0.25) is 4.79 Å². The number of aromatic amines is 1. The highest BCUT2D eigenvalue weighted by Crippen LogP contribution is 2.33. The van der Waals surface area contributed by atoms with E-state index in [-0.39, 0.29) is 16.6 Å². The summed E-state index contributed by atoms with van der Waals surface area (Å²) in [6.07, 6.45) is 6.27. The zero-order valence-corrected chi connectivity index (χ0v) is 21.7. The van der Waals surface area contributed by atoms with Gasteiger partial charge in [0.1, 0.15) is 35.1 Å². The zero-order valence-electron chi connectivity index (χ0n) is 21.0. The van der Waals surface area contributed by atoms with Crippen LogP contribution in [0.3, 0.4) is 0 Å². The quantitative estimate of drug-likeness (QED) is 0.207. The van der Waals surface area contributed by atoms with Gasteiger partial charge in [0.15, 0.2) is 5.78 Å². The number of halogens is 2. The van der Waals surface area contributed by atoms with Crippen LogP contribution in [0, 0.1) is 5.82 Å². The van der Waals surface area contributed by atoms with Crippen molar-refractivity contribution < 1.29 is 13.9 Å². The lowest BCUT2D eigenvalue weighted by Gasteiger charge is -2.29. The number of fused-ring (bicyclic) bond motifs is 1. The van der Waals surface area contributed by atoms with Crippen LogP contribution in [-0.4, -0.2) is 33.8 Å². The maximum Gasteiger partial charge on any atom is 0.196 e. The van der Waals surface area contributed by atoms with E-state index in [9.17, 15) is 4.79 Å².